The van der Waals surface area contributed by atoms with Gasteiger partial charge in [-0.3, -0.25) is 4.79 Å². The fourth-order valence-corrected chi connectivity index (χ4v) is 3.08. The minimum Gasteiger partial charge on any atom is -0.356 e. The monoisotopic (exact) mass is 241 g/mol. The molecule has 0 aromatic heterocycles. The number of amides is 1. The van der Waals surface area contributed by atoms with Crippen molar-refractivity contribution in [2.45, 2.75) is 70.0 Å². The van der Waals surface area contributed by atoms with E-state index in [1.165, 1.54) is 19.3 Å². The highest BCUT2D eigenvalue weighted by molar-refractivity contribution is 5.76. The largest absolute Gasteiger partial charge is 0.356 e. The van der Waals surface area contributed by atoms with Gasteiger partial charge >= 0.3 is 0 Å². The first kappa shape index (κ1) is 12.8. The smallest absolute Gasteiger partial charge is 0.223 e. The van der Waals surface area contributed by atoms with E-state index in [9.17, 15) is 4.79 Å². The molecule has 17 heavy (non-hydrogen) atoms. The van der Waals surface area contributed by atoms with Crippen LogP contribution < -0.4 is 5.32 Å². The zero-order valence-corrected chi connectivity index (χ0v) is 10.9. The van der Waals surface area contributed by atoms with Crippen LogP contribution in [-0.4, -0.2) is 23.7 Å². The number of carbonyl (C=O) groups excluding carboxylic acids is 1. The summed E-state index contributed by atoms with van der Waals surface area (Å²) < 4.78 is 0. The number of hydrogen-bond acceptors (Lipinski definition) is 3. The molecule has 1 spiro atoms. The van der Waals surface area contributed by atoms with Gasteiger partial charge in [0, 0.05) is 13.0 Å². The molecule has 1 atom stereocenters. The summed E-state index contributed by atoms with van der Waals surface area (Å²) >= 11 is 0. The molecular formula is C13H23NO3. The lowest BCUT2D eigenvalue weighted by Crippen LogP contribution is -2.37. The molecular weight excluding hydrogens is 218 g/mol. The molecule has 2 aliphatic rings. The van der Waals surface area contributed by atoms with Crippen LogP contribution in [0.15, 0.2) is 0 Å². The van der Waals surface area contributed by atoms with Crippen molar-refractivity contribution in [3.8, 4) is 0 Å². The van der Waals surface area contributed by atoms with Gasteiger partial charge in [-0.05, 0) is 26.7 Å². The van der Waals surface area contributed by atoms with E-state index in [0.29, 0.717) is 13.0 Å². The van der Waals surface area contributed by atoms with Crippen LogP contribution in [0.1, 0.15) is 58.8 Å². The van der Waals surface area contributed by atoms with E-state index in [-0.39, 0.29) is 11.5 Å². The van der Waals surface area contributed by atoms with Gasteiger partial charge in [0.2, 0.25) is 5.91 Å². The van der Waals surface area contributed by atoms with Crippen LogP contribution in [0.2, 0.25) is 0 Å². The molecule has 4 heteroatoms. The van der Waals surface area contributed by atoms with Gasteiger partial charge in [0.25, 0.3) is 0 Å². The van der Waals surface area contributed by atoms with E-state index in [2.05, 4.69) is 5.32 Å². The van der Waals surface area contributed by atoms with Crippen molar-refractivity contribution < 1.29 is 14.6 Å². The Kier molecular flexibility index (Phi) is 3.73. The zero-order chi connectivity index (χ0) is 12.4. The Labute approximate surface area is 103 Å². The molecule has 1 aliphatic carbocycles. The summed E-state index contributed by atoms with van der Waals surface area (Å²) in [6.07, 6.45) is 7.08. The van der Waals surface area contributed by atoms with Gasteiger partial charge in [0.05, 0.1) is 6.42 Å². The molecule has 2 fully saturated rings. The van der Waals surface area contributed by atoms with Gasteiger partial charge in [0.15, 0.2) is 0 Å². The van der Waals surface area contributed by atoms with Crippen molar-refractivity contribution in [3.05, 3.63) is 0 Å². The van der Waals surface area contributed by atoms with E-state index in [0.717, 1.165) is 19.3 Å². The van der Waals surface area contributed by atoms with Gasteiger partial charge in [-0.2, -0.15) is 0 Å². The summed E-state index contributed by atoms with van der Waals surface area (Å²) in [6, 6.07) is 0. The Morgan fingerprint density at radius 2 is 1.94 bits per heavy atom. The number of hydrogen-bond donors (Lipinski definition) is 1. The number of rotatable bonds is 3. The maximum absolute atomic E-state index is 11.6. The van der Waals surface area contributed by atoms with Crippen LogP contribution in [0.5, 0.6) is 0 Å². The molecule has 2 rings (SSSR count). The molecule has 98 valence electrons. The average Bonchev–Trinajstić information content (AvgIpc) is 2.57. The Balaban J connectivity index is 1.92. The van der Waals surface area contributed by atoms with Gasteiger partial charge in [-0.25, -0.2) is 9.78 Å². The summed E-state index contributed by atoms with van der Waals surface area (Å²) in [7, 11) is 0. The highest BCUT2D eigenvalue weighted by atomic mass is 17.2. The van der Waals surface area contributed by atoms with E-state index in [1.807, 2.05) is 13.8 Å². The Hall–Kier alpha value is -0.610. The molecule has 0 aromatic carbocycles. The Morgan fingerprint density at radius 3 is 2.59 bits per heavy atom. The third-order valence-corrected chi connectivity index (χ3v) is 3.79. The van der Waals surface area contributed by atoms with Gasteiger partial charge in [-0.15, -0.1) is 0 Å². The average molecular weight is 241 g/mol. The lowest BCUT2D eigenvalue weighted by Gasteiger charge is -2.30. The minimum atomic E-state index is -0.448. The van der Waals surface area contributed by atoms with Gasteiger partial charge in [-0.1, -0.05) is 19.3 Å². The van der Waals surface area contributed by atoms with Crippen molar-refractivity contribution >= 4 is 5.91 Å². The van der Waals surface area contributed by atoms with Crippen molar-refractivity contribution in [1.82, 2.24) is 5.32 Å². The van der Waals surface area contributed by atoms with Gasteiger partial charge in [0.1, 0.15) is 11.2 Å². The van der Waals surface area contributed by atoms with Crippen molar-refractivity contribution in [1.29, 1.82) is 0 Å². The molecule has 1 amide bonds. The third kappa shape index (κ3) is 2.99. The Bertz CT molecular complexity index is 286. The second-order valence-electron chi connectivity index (χ2n) is 5.67. The first-order valence-electron chi connectivity index (χ1n) is 6.71. The topological polar surface area (TPSA) is 47.6 Å². The first-order chi connectivity index (χ1) is 8.08. The summed E-state index contributed by atoms with van der Waals surface area (Å²) in [5.41, 5.74) is -0.559. The molecule has 1 heterocycles. The fourth-order valence-electron chi connectivity index (χ4n) is 3.08. The van der Waals surface area contributed by atoms with Crippen LogP contribution in [0.25, 0.3) is 0 Å². The summed E-state index contributed by atoms with van der Waals surface area (Å²) in [6.45, 7) is 4.57. The minimum absolute atomic E-state index is 0.0476. The second kappa shape index (κ2) is 4.94. The van der Waals surface area contributed by atoms with Crippen LogP contribution in [0, 0.1) is 0 Å². The summed E-state index contributed by atoms with van der Waals surface area (Å²) in [5, 5.41) is 2.81. The molecule has 0 radical (unpaired) electrons. The van der Waals surface area contributed by atoms with E-state index < -0.39 is 5.60 Å². The third-order valence-electron chi connectivity index (χ3n) is 3.79. The predicted molar refractivity (Wildman–Crippen MR) is 64.3 cm³/mol. The predicted octanol–water partition coefficient (Wildman–Crippen LogP) is 2.33. The lowest BCUT2D eigenvalue weighted by molar-refractivity contribution is -0.351. The van der Waals surface area contributed by atoms with Crippen LogP contribution in [0.3, 0.4) is 0 Å². The molecule has 0 bridgehead atoms. The SMILES string of the molecule is CCNC(=O)CC1(C)CC2(CCCCC2)OO1. The van der Waals surface area contributed by atoms with E-state index in [1.54, 1.807) is 0 Å². The first-order valence-corrected chi connectivity index (χ1v) is 6.71. The molecule has 1 saturated heterocycles. The van der Waals surface area contributed by atoms with Crippen LogP contribution >= 0.6 is 0 Å². The van der Waals surface area contributed by atoms with E-state index >= 15 is 0 Å². The summed E-state index contributed by atoms with van der Waals surface area (Å²) in [5.74, 6) is 0.0476. The molecule has 0 aromatic rings. The molecule has 4 nitrogen and oxygen atoms in total. The van der Waals surface area contributed by atoms with Crippen LogP contribution in [-0.2, 0) is 14.6 Å². The molecule has 1 N–H and O–H groups in total. The van der Waals surface area contributed by atoms with Crippen molar-refractivity contribution in [2.75, 3.05) is 6.54 Å². The normalized spacial score (nSPS) is 31.6. The maximum Gasteiger partial charge on any atom is 0.223 e. The number of nitrogens with one attached hydrogen (secondary N) is 1. The number of carbonyl (C=O) groups is 1. The van der Waals surface area contributed by atoms with E-state index in [4.69, 9.17) is 9.78 Å². The fraction of sp³-hybridized carbons (Fsp3) is 0.923. The highest BCUT2D eigenvalue weighted by Crippen LogP contribution is 2.46. The van der Waals surface area contributed by atoms with Crippen LogP contribution in [0.4, 0.5) is 0 Å². The Morgan fingerprint density at radius 1 is 1.24 bits per heavy atom. The second-order valence-corrected chi connectivity index (χ2v) is 5.67. The zero-order valence-electron chi connectivity index (χ0n) is 10.9. The standard InChI is InChI=1S/C13H23NO3/c1-3-14-11(15)9-12(2)10-13(17-16-12)7-5-4-6-8-13/h3-10H2,1-2H3,(H,14,15). The van der Waals surface area contributed by atoms with Crippen molar-refractivity contribution in [2.24, 2.45) is 0 Å². The molecule has 1 saturated carbocycles. The quantitative estimate of drug-likeness (QED) is 0.771. The van der Waals surface area contributed by atoms with Gasteiger partial charge < -0.3 is 5.32 Å². The summed E-state index contributed by atoms with van der Waals surface area (Å²) in [4.78, 5) is 22.7. The molecule has 1 unspecified atom stereocenters. The lowest BCUT2D eigenvalue weighted by atomic mass is 9.77. The van der Waals surface area contributed by atoms with Crippen molar-refractivity contribution in [3.63, 3.8) is 0 Å². The maximum atomic E-state index is 11.6. The molecule has 1 aliphatic heterocycles. The highest BCUT2D eigenvalue weighted by Gasteiger charge is 2.50.